The van der Waals surface area contributed by atoms with Gasteiger partial charge in [-0.05, 0) is 119 Å². The second-order valence-electron chi connectivity index (χ2n) is 13.2. The lowest BCUT2D eigenvalue weighted by molar-refractivity contribution is 0.124. The third kappa shape index (κ3) is 8.94. The van der Waals surface area contributed by atoms with Crippen LogP contribution in [0.2, 0.25) is 0 Å². The summed E-state index contributed by atoms with van der Waals surface area (Å²) in [6, 6.07) is 11.7. The van der Waals surface area contributed by atoms with Crippen LogP contribution in [-0.2, 0) is 8.85 Å². The summed E-state index contributed by atoms with van der Waals surface area (Å²) in [5.74, 6) is 2.76. The second-order valence-corrected chi connectivity index (χ2v) is 16.3. The summed E-state index contributed by atoms with van der Waals surface area (Å²) in [6.07, 6.45) is 0. The first-order chi connectivity index (χ1) is 16.7. The van der Waals surface area contributed by atoms with Crippen LogP contribution in [0.15, 0.2) is 36.4 Å². The van der Waals surface area contributed by atoms with Gasteiger partial charge in [0.2, 0.25) is 0 Å². The highest BCUT2D eigenvalue weighted by Gasteiger charge is 2.47. The molecule has 0 aliphatic carbocycles. The van der Waals surface area contributed by atoms with Crippen LogP contribution in [0, 0.1) is 0 Å². The minimum absolute atomic E-state index is 0.380. The summed E-state index contributed by atoms with van der Waals surface area (Å²) >= 11 is 0. The van der Waals surface area contributed by atoms with Crippen LogP contribution in [0.4, 0.5) is 0 Å². The number of ether oxygens (including phenoxy) is 4. The van der Waals surface area contributed by atoms with Gasteiger partial charge < -0.3 is 27.8 Å². The predicted molar refractivity (Wildman–Crippen MR) is 153 cm³/mol. The van der Waals surface area contributed by atoms with Crippen LogP contribution in [0.3, 0.4) is 0 Å². The monoisotopic (exact) mass is 532 g/mol. The molecule has 0 radical (unpaired) electrons. The molecule has 0 fully saturated rings. The Hall–Kier alpha value is -2.22. The van der Waals surface area contributed by atoms with Crippen molar-refractivity contribution in [2.24, 2.45) is 0 Å². The van der Waals surface area contributed by atoms with Crippen molar-refractivity contribution in [1.29, 1.82) is 0 Å². The smallest absolute Gasteiger partial charge is 0.414 e. The number of hydrogen-bond acceptors (Lipinski definition) is 6. The fourth-order valence-electron chi connectivity index (χ4n) is 3.87. The zero-order valence-electron chi connectivity index (χ0n) is 25.4. The zero-order chi connectivity index (χ0) is 28.4. The number of rotatable bonds is 8. The van der Waals surface area contributed by atoms with Gasteiger partial charge in [0.25, 0.3) is 0 Å². The minimum atomic E-state index is -3.41. The van der Waals surface area contributed by atoms with Crippen molar-refractivity contribution in [2.75, 3.05) is 14.2 Å². The summed E-state index contributed by atoms with van der Waals surface area (Å²) < 4.78 is 38.2. The molecule has 0 amide bonds. The molecule has 0 atom stereocenters. The van der Waals surface area contributed by atoms with Crippen molar-refractivity contribution in [3.05, 3.63) is 36.4 Å². The molecule has 37 heavy (non-hydrogen) atoms. The van der Waals surface area contributed by atoms with E-state index in [1.54, 1.807) is 14.2 Å². The first kappa shape index (κ1) is 31.0. The number of hydrogen-bond donors (Lipinski definition) is 0. The molecule has 6 nitrogen and oxygen atoms in total. The predicted octanol–water partition coefficient (Wildman–Crippen LogP) is 6.25. The Morgan fingerprint density at radius 1 is 0.459 bits per heavy atom. The molecule has 2 aromatic carbocycles. The summed E-state index contributed by atoms with van der Waals surface area (Å²) in [4.78, 5) is 0. The van der Waals surface area contributed by atoms with Crippen molar-refractivity contribution < 1.29 is 27.8 Å². The van der Waals surface area contributed by atoms with Gasteiger partial charge in [0, 0.05) is 24.6 Å². The molecule has 0 N–H and O–H groups in total. The van der Waals surface area contributed by atoms with Crippen LogP contribution >= 0.6 is 0 Å². The standard InChI is InChI=1S/C30H48O6Si/c1-27(2,3)33-21-15-17-23(35-29(7,8)9)25(19-21)37(31-13,32-14)26-20-22(34-28(4,5)6)16-18-24(26)36-30(10,11)12/h15-20H,1-14H3. The van der Waals surface area contributed by atoms with Crippen LogP contribution in [-0.4, -0.2) is 45.2 Å². The molecule has 0 bridgehead atoms. The van der Waals surface area contributed by atoms with Crippen molar-refractivity contribution in [3.8, 4) is 23.0 Å². The van der Waals surface area contributed by atoms with Crippen LogP contribution in [0.5, 0.6) is 23.0 Å². The van der Waals surface area contributed by atoms with Crippen LogP contribution < -0.4 is 29.3 Å². The van der Waals surface area contributed by atoms with E-state index in [-0.39, 0.29) is 11.2 Å². The van der Waals surface area contributed by atoms with Gasteiger partial charge in [-0.1, -0.05) is 0 Å². The van der Waals surface area contributed by atoms with Crippen molar-refractivity contribution in [1.82, 2.24) is 0 Å². The fourth-order valence-corrected chi connectivity index (χ4v) is 6.79. The number of benzene rings is 2. The SMILES string of the molecule is CO[Si](OC)(c1cc(OC(C)(C)C)ccc1OC(C)(C)C)c1cc(OC(C)(C)C)ccc1OC(C)(C)C. The molecular weight excluding hydrogens is 484 g/mol. The lowest BCUT2D eigenvalue weighted by atomic mass is 10.2. The summed E-state index contributed by atoms with van der Waals surface area (Å²) in [5.41, 5.74) is -1.64. The topological polar surface area (TPSA) is 55.4 Å². The molecule has 0 aromatic heterocycles. The quantitative estimate of drug-likeness (QED) is 0.375. The first-order valence-corrected chi connectivity index (χ1v) is 14.7. The average molecular weight is 533 g/mol. The second kappa shape index (κ2) is 10.9. The lowest BCUT2D eigenvalue weighted by Gasteiger charge is -2.35. The maximum absolute atomic E-state index is 6.45. The molecule has 7 heteroatoms. The van der Waals surface area contributed by atoms with Crippen LogP contribution in [0.1, 0.15) is 83.1 Å². The Kier molecular flexibility index (Phi) is 9.11. The van der Waals surface area contributed by atoms with Gasteiger partial charge in [-0.2, -0.15) is 0 Å². The van der Waals surface area contributed by atoms with Crippen molar-refractivity contribution >= 4 is 18.9 Å². The highest BCUT2D eigenvalue weighted by Crippen LogP contribution is 2.31. The Morgan fingerprint density at radius 2 is 0.757 bits per heavy atom. The van der Waals surface area contributed by atoms with E-state index in [0.29, 0.717) is 23.0 Å². The molecule has 0 heterocycles. The average Bonchev–Trinajstić information content (AvgIpc) is 2.68. The molecule has 0 aliphatic rings. The molecule has 2 rings (SSSR count). The Bertz CT molecular complexity index is 966. The minimum Gasteiger partial charge on any atom is -0.488 e. The highest BCUT2D eigenvalue weighted by molar-refractivity contribution is 6.93. The van der Waals surface area contributed by atoms with E-state index in [4.69, 9.17) is 27.8 Å². The first-order valence-electron chi connectivity index (χ1n) is 12.8. The van der Waals surface area contributed by atoms with Gasteiger partial charge in [-0.25, -0.2) is 0 Å². The van der Waals surface area contributed by atoms with E-state index in [2.05, 4.69) is 0 Å². The van der Waals surface area contributed by atoms with Crippen LogP contribution in [0.25, 0.3) is 0 Å². The Morgan fingerprint density at radius 3 is 1.00 bits per heavy atom. The van der Waals surface area contributed by atoms with Gasteiger partial charge in [-0.3, -0.25) is 0 Å². The fraction of sp³-hybridized carbons (Fsp3) is 0.600. The zero-order valence-corrected chi connectivity index (χ0v) is 26.4. The third-order valence-corrected chi connectivity index (χ3v) is 8.22. The molecule has 0 saturated carbocycles. The summed E-state index contributed by atoms with van der Waals surface area (Å²) in [6.45, 7) is 24.2. The van der Waals surface area contributed by atoms with E-state index in [9.17, 15) is 0 Å². The van der Waals surface area contributed by atoms with Gasteiger partial charge in [0.05, 0.1) is 0 Å². The van der Waals surface area contributed by atoms with Gasteiger partial charge in [-0.15, -0.1) is 0 Å². The summed E-state index contributed by atoms with van der Waals surface area (Å²) in [5, 5.41) is 1.58. The van der Waals surface area contributed by atoms with Gasteiger partial charge in [0.1, 0.15) is 45.4 Å². The molecule has 0 unspecified atom stereocenters. The van der Waals surface area contributed by atoms with Gasteiger partial charge in [0.15, 0.2) is 0 Å². The lowest BCUT2D eigenvalue weighted by Crippen LogP contribution is -2.63. The van der Waals surface area contributed by atoms with E-state index in [0.717, 1.165) is 10.4 Å². The normalized spacial score (nSPS) is 13.4. The maximum Gasteiger partial charge on any atom is 0.414 e. The molecular formula is C30H48O6Si. The Labute approximate surface area is 225 Å². The molecule has 0 saturated heterocycles. The highest BCUT2D eigenvalue weighted by atomic mass is 28.4. The van der Waals surface area contributed by atoms with Crippen molar-refractivity contribution in [3.63, 3.8) is 0 Å². The third-order valence-electron chi connectivity index (χ3n) is 4.87. The van der Waals surface area contributed by atoms with Gasteiger partial charge >= 0.3 is 8.56 Å². The molecule has 2 aromatic rings. The maximum atomic E-state index is 6.45. The van der Waals surface area contributed by atoms with E-state index in [1.807, 2.05) is 119 Å². The molecule has 208 valence electrons. The van der Waals surface area contributed by atoms with E-state index < -0.39 is 19.8 Å². The molecule has 0 aliphatic heterocycles. The van der Waals surface area contributed by atoms with Crippen molar-refractivity contribution in [2.45, 2.75) is 105 Å². The largest absolute Gasteiger partial charge is 0.488 e. The summed E-state index contributed by atoms with van der Waals surface area (Å²) in [7, 11) is -0.0625. The van der Waals surface area contributed by atoms with E-state index >= 15 is 0 Å². The Balaban J connectivity index is 2.91. The molecule has 0 spiro atoms. The van der Waals surface area contributed by atoms with E-state index in [1.165, 1.54) is 0 Å².